The van der Waals surface area contributed by atoms with Crippen LogP contribution in [-0.2, 0) is 4.79 Å². The Balaban J connectivity index is 2.45. The number of carbonyl (C=O) groups excluding carboxylic acids is 1. The molecule has 0 saturated heterocycles. The second-order valence-electron chi connectivity index (χ2n) is 5.21. The number of hydrazone groups is 1. The summed E-state index contributed by atoms with van der Waals surface area (Å²) in [4.78, 5) is 11.9. The quantitative estimate of drug-likeness (QED) is 0.912. The van der Waals surface area contributed by atoms with Crippen LogP contribution in [0.5, 0.6) is 0 Å². The molecule has 1 aliphatic heterocycles. The molecule has 1 heterocycles. The predicted octanol–water partition coefficient (Wildman–Crippen LogP) is 2.53. The smallest absolute Gasteiger partial charge is 0.362 e. The maximum atomic E-state index is 13.2. The first-order chi connectivity index (χ1) is 9.67. The topological polar surface area (TPSA) is 52.9 Å². The fourth-order valence-corrected chi connectivity index (χ4v) is 2.03. The summed E-state index contributed by atoms with van der Waals surface area (Å²) in [6, 6.07) is 8.18. The van der Waals surface area contributed by atoms with Crippen molar-refractivity contribution >= 4 is 11.6 Å². The SMILES string of the molecule is CC(C)C(=O)N1N=C(c2ccccc2)C[C@@]1(O)C(F)(F)F. The summed E-state index contributed by atoms with van der Waals surface area (Å²) in [5.74, 6) is -1.58. The van der Waals surface area contributed by atoms with Crippen molar-refractivity contribution in [2.45, 2.75) is 32.2 Å². The number of benzene rings is 1. The molecule has 0 aromatic heterocycles. The minimum Gasteiger partial charge on any atom is -0.362 e. The minimum atomic E-state index is -4.99. The summed E-state index contributed by atoms with van der Waals surface area (Å²) in [6.07, 6.45) is -5.77. The lowest BCUT2D eigenvalue weighted by atomic mass is 10.0. The van der Waals surface area contributed by atoms with Crippen LogP contribution in [0.15, 0.2) is 35.4 Å². The van der Waals surface area contributed by atoms with E-state index in [9.17, 15) is 23.1 Å². The van der Waals surface area contributed by atoms with Crippen LogP contribution in [0.25, 0.3) is 0 Å². The second kappa shape index (κ2) is 5.14. The third kappa shape index (κ3) is 2.65. The summed E-state index contributed by atoms with van der Waals surface area (Å²) in [6.45, 7) is 2.91. The molecule has 0 saturated carbocycles. The van der Waals surface area contributed by atoms with Gasteiger partial charge in [0.05, 0.1) is 12.1 Å². The summed E-state index contributed by atoms with van der Waals surface area (Å²) >= 11 is 0. The lowest BCUT2D eigenvalue weighted by Gasteiger charge is -2.33. The zero-order chi connectivity index (χ0) is 15.8. The predicted molar refractivity (Wildman–Crippen MR) is 70.3 cm³/mol. The van der Waals surface area contributed by atoms with Gasteiger partial charge in [-0.2, -0.15) is 23.3 Å². The Morgan fingerprint density at radius 3 is 2.38 bits per heavy atom. The van der Waals surface area contributed by atoms with E-state index in [0.717, 1.165) is 0 Å². The highest BCUT2D eigenvalue weighted by Crippen LogP contribution is 2.41. The van der Waals surface area contributed by atoms with Gasteiger partial charge in [0.15, 0.2) is 0 Å². The average Bonchev–Trinajstić information content (AvgIpc) is 2.78. The Bertz CT molecular complexity index is 569. The second-order valence-corrected chi connectivity index (χ2v) is 5.21. The van der Waals surface area contributed by atoms with Gasteiger partial charge in [0.1, 0.15) is 0 Å². The standard InChI is InChI=1S/C14H15F3N2O2/c1-9(2)12(20)19-13(21,14(15,16)17)8-11(18-19)10-6-4-3-5-7-10/h3-7,9,21H,8H2,1-2H3/t13-/m1/s1. The van der Waals surface area contributed by atoms with Crippen molar-refractivity contribution in [3.63, 3.8) is 0 Å². The van der Waals surface area contributed by atoms with Gasteiger partial charge in [0.2, 0.25) is 5.91 Å². The van der Waals surface area contributed by atoms with Gasteiger partial charge in [-0.25, -0.2) is 0 Å². The molecular formula is C14H15F3N2O2. The Morgan fingerprint density at radius 1 is 1.33 bits per heavy atom. The molecule has 0 bridgehead atoms. The van der Waals surface area contributed by atoms with E-state index in [-0.39, 0.29) is 10.7 Å². The molecule has 0 radical (unpaired) electrons. The van der Waals surface area contributed by atoms with Crippen LogP contribution in [0.3, 0.4) is 0 Å². The Morgan fingerprint density at radius 2 is 1.90 bits per heavy atom. The molecule has 0 fully saturated rings. The molecule has 1 N–H and O–H groups in total. The van der Waals surface area contributed by atoms with Crippen LogP contribution in [-0.4, -0.2) is 33.6 Å². The van der Waals surface area contributed by atoms with E-state index < -0.39 is 30.1 Å². The summed E-state index contributed by atoms with van der Waals surface area (Å²) < 4.78 is 39.6. The molecule has 21 heavy (non-hydrogen) atoms. The van der Waals surface area contributed by atoms with Gasteiger partial charge < -0.3 is 5.11 Å². The molecule has 1 amide bonds. The zero-order valence-electron chi connectivity index (χ0n) is 11.6. The van der Waals surface area contributed by atoms with Crippen LogP contribution in [0.1, 0.15) is 25.8 Å². The molecule has 2 rings (SSSR count). The molecular weight excluding hydrogens is 285 g/mol. The van der Waals surface area contributed by atoms with Crippen molar-refractivity contribution in [1.82, 2.24) is 5.01 Å². The molecule has 7 heteroatoms. The van der Waals surface area contributed by atoms with Crippen molar-refractivity contribution < 1.29 is 23.1 Å². The maximum Gasteiger partial charge on any atom is 0.438 e. The van der Waals surface area contributed by atoms with E-state index in [4.69, 9.17) is 0 Å². The lowest BCUT2D eigenvalue weighted by molar-refractivity contribution is -0.303. The Hall–Kier alpha value is -1.89. The Labute approximate surface area is 119 Å². The number of rotatable bonds is 2. The monoisotopic (exact) mass is 300 g/mol. The van der Waals surface area contributed by atoms with E-state index in [1.807, 2.05) is 0 Å². The van der Waals surface area contributed by atoms with Gasteiger partial charge >= 0.3 is 6.18 Å². The number of carbonyl (C=O) groups is 1. The molecule has 1 aromatic carbocycles. The van der Waals surface area contributed by atoms with Crippen LogP contribution >= 0.6 is 0 Å². The number of amides is 1. The molecule has 0 aliphatic carbocycles. The van der Waals surface area contributed by atoms with Crippen molar-refractivity contribution in [3.05, 3.63) is 35.9 Å². The van der Waals surface area contributed by atoms with Gasteiger partial charge in [-0.15, -0.1) is 0 Å². The van der Waals surface area contributed by atoms with Crippen LogP contribution < -0.4 is 0 Å². The van der Waals surface area contributed by atoms with Crippen LogP contribution in [0.2, 0.25) is 0 Å². The molecule has 1 aromatic rings. The number of alkyl halides is 3. The molecule has 114 valence electrons. The van der Waals surface area contributed by atoms with Gasteiger partial charge in [0.25, 0.3) is 5.72 Å². The average molecular weight is 300 g/mol. The first kappa shape index (κ1) is 15.5. The number of aliphatic hydroxyl groups is 1. The van der Waals surface area contributed by atoms with Gasteiger partial charge in [-0.05, 0) is 5.56 Å². The van der Waals surface area contributed by atoms with Crippen molar-refractivity contribution in [3.8, 4) is 0 Å². The van der Waals surface area contributed by atoms with E-state index in [1.54, 1.807) is 30.3 Å². The highest BCUT2D eigenvalue weighted by atomic mass is 19.4. The first-order valence-corrected chi connectivity index (χ1v) is 6.43. The number of hydrogen-bond donors (Lipinski definition) is 1. The maximum absolute atomic E-state index is 13.2. The van der Waals surface area contributed by atoms with Gasteiger partial charge in [0, 0.05) is 5.92 Å². The van der Waals surface area contributed by atoms with E-state index >= 15 is 0 Å². The molecule has 0 spiro atoms. The van der Waals surface area contributed by atoms with E-state index in [0.29, 0.717) is 5.56 Å². The number of nitrogens with zero attached hydrogens (tertiary/aromatic N) is 2. The van der Waals surface area contributed by atoms with E-state index in [1.165, 1.54) is 13.8 Å². The highest BCUT2D eigenvalue weighted by molar-refractivity contribution is 6.03. The zero-order valence-corrected chi connectivity index (χ0v) is 11.6. The minimum absolute atomic E-state index is 0.0319. The van der Waals surface area contributed by atoms with Crippen molar-refractivity contribution in [2.24, 2.45) is 11.0 Å². The highest BCUT2D eigenvalue weighted by Gasteiger charge is 2.63. The fourth-order valence-electron chi connectivity index (χ4n) is 2.03. The van der Waals surface area contributed by atoms with E-state index in [2.05, 4.69) is 5.10 Å². The summed E-state index contributed by atoms with van der Waals surface area (Å²) in [7, 11) is 0. The van der Waals surface area contributed by atoms with Crippen molar-refractivity contribution in [1.29, 1.82) is 0 Å². The normalized spacial score (nSPS) is 22.6. The van der Waals surface area contributed by atoms with Gasteiger partial charge in [-0.3, -0.25) is 4.79 Å². The number of hydrogen-bond acceptors (Lipinski definition) is 3. The van der Waals surface area contributed by atoms with Crippen LogP contribution in [0, 0.1) is 5.92 Å². The molecule has 1 aliphatic rings. The molecule has 1 atom stereocenters. The largest absolute Gasteiger partial charge is 0.438 e. The number of halogens is 3. The van der Waals surface area contributed by atoms with Crippen molar-refractivity contribution in [2.75, 3.05) is 0 Å². The summed E-state index contributed by atoms with van der Waals surface area (Å²) in [5, 5.41) is 13.9. The third-order valence-electron chi connectivity index (χ3n) is 3.25. The third-order valence-corrected chi connectivity index (χ3v) is 3.25. The van der Waals surface area contributed by atoms with Gasteiger partial charge in [-0.1, -0.05) is 44.2 Å². The summed E-state index contributed by atoms with van der Waals surface area (Å²) in [5.41, 5.74) is -2.82. The van der Waals surface area contributed by atoms with Crippen LogP contribution in [0.4, 0.5) is 13.2 Å². The Kier molecular flexibility index (Phi) is 3.79. The first-order valence-electron chi connectivity index (χ1n) is 6.43. The lowest BCUT2D eigenvalue weighted by Crippen LogP contribution is -2.57. The molecule has 4 nitrogen and oxygen atoms in total. The fraction of sp³-hybridized carbons (Fsp3) is 0.429. The molecule has 0 unspecified atom stereocenters.